The van der Waals surface area contributed by atoms with E-state index in [2.05, 4.69) is 15.2 Å². The molecule has 380 valence electrons. The van der Waals surface area contributed by atoms with Crippen LogP contribution in [0.5, 0.6) is 0 Å². The number of allylic oxidation sites excluding steroid dienone is 8. The number of carboxylic acids is 1. The lowest BCUT2D eigenvalue weighted by Gasteiger charge is -2.30. The van der Waals surface area contributed by atoms with Crippen LogP contribution in [0, 0.1) is 5.92 Å². The Hall–Kier alpha value is -4.50. The van der Waals surface area contributed by atoms with Crippen LogP contribution in [0.3, 0.4) is 0 Å². The summed E-state index contributed by atoms with van der Waals surface area (Å²) in [5.41, 5.74) is 3.26. The molecule has 6 N–H and O–H groups in total. The summed E-state index contributed by atoms with van der Waals surface area (Å²) in [7, 11) is -13.3. The third kappa shape index (κ3) is 15.7. The zero-order valence-electron chi connectivity index (χ0n) is 40.1. The van der Waals surface area contributed by atoms with E-state index in [9.17, 15) is 48.5 Å². The highest BCUT2D eigenvalue weighted by Gasteiger charge is 2.45. The monoisotopic (exact) mass is 1020 g/mol. The lowest BCUT2D eigenvalue weighted by Crippen LogP contribution is -2.34. The maximum atomic E-state index is 13.1. The summed E-state index contributed by atoms with van der Waals surface area (Å²) >= 11 is 0. The number of carbonyl (C=O) groups is 2. The fourth-order valence-electron chi connectivity index (χ4n) is 9.77. The highest BCUT2D eigenvalue weighted by molar-refractivity contribution is 7.86. The Morgan fingerprint density at radius 2 is 1.43 bits per heavy atom. The van der Waals surface area contributed by atoms with Gasteiger partial charge in [-0.2, -0.15) is 29.8 Å². The van der Waals surface area contributed by atoms with E-state index in [1.807, 2.05) is 68.2 Å². The van der Waals surface area contributed by atoms with Crippen LogP contribution in [0.2, 0.25) is 0 Å². The minimum atomic E-state index is -4.55. The second-order valence-electron chi connectivity index (χ2n) is 19.1. The van der Waals surface area contributed by atoms with Crippen molar-refractivity contribution < 1.29 is 58.2 Å². The Kier molecular flexibility index (Phi) is 19.7. The molecule has 1 amide bonds. The van der Waals surface area contributed by atoms with Gasteiger partial charge in [0, 0.05) is 66.9 Å². The molecular weight excluding hydrogens is 945 g/mol. The van der Waals surface area contributed by atoms with Crippen LogP contribution in [-0.2, 0) is 50.8 Å². The van der Waals surface area contributed by atoms with E-state index in [4.69, 9.17) is 5.11 Å². The Bertz CT molecular complexity index is 2660. The van der Waals surface area contributed by atoms with Gasteiger partial charge in [0.1, 0.15) is 6.54 Å². The molecule has 0 bridgehead atoms. The fraction of sp³-hybridized carbons (Fsp3) is 0.540. The van der Waals surface area contributed by atoms with E-state index in [0.29, 0.717) is 56.6 Å². The molecule has 3 aliphatic rings. The molecule has 69 heavy (non-hydrogen) atoms. The van der Waals surface area contributed by atoms with Crippen LogP contribution in [0.15, 0.2) is 94.4 Å². The molecule has 2 atom stereocenters. The first-order valence-corrected chi connectivity index (χ1v) is 28.5. The molecule has 0 saturated carbocycles. The van der Waals surface area contributed by atoms with Crippen LogP contribution >= 0.6 is 0 Å². The number of hydrogen-bond acceptors (Lipinski definition) is 10. The van der Waals surface area contributed by atoms with Crippen LogP contribution in [0.4, 0.5) is 11.4 Å². The van der Waals surface area contributed by atoms with E-state index in [1.165, 1.54) is 24.3 Å². The fourth-order valence-corrected chi connectivity index (χ4v) is 11.3. The molecule has 3 heterocycles. The van der Waals surface area contributed by atoms with Crippen molar-refractivity contribution in [3.8, 4) is 0 Å². The van der Waals surface area contributed by atoms with Gasteiger partial charge >= 0.3 is 5.97 Å². The first kappa shape index (κ1) is 55.4. The van der Waals surface area contributed by atoms with E-state index < -0.39 is 52.9 Å². The van der Waals surface area contributed by atoms with Crippen molar-refractivity contribution >= 4 is 59.3 Å². The average Bonchev–Trinajstić information content (AvgIpc) is 3.62. The number of unbranched alkanes of at least 4 members (excludes halogenated alkanes) is 2. The summed E-state index contributed by atoms with van der Waals surface area (Å²) in [6.45, 7) is 8.79. The molecule has 3 aliphatic heterocycles. The van der Waals surface area contributed by atoms with E-state index in [1.54, 1.807) is 12.1 Å². The smallest absolute Gasteiger partial charge is 0.303 e. The molecule has 0 saturated heterocycles. The molecule has 0 aliphatic carbocycles. The van der Waals surface area contributed by atoms with Crippen molar-refractivity contribution in [3.63, 3.8) is 0 Å². The predicted octanol–water partition coefficient (Wildman–Crippen LogP) is 8.05. The van der Waals surface area contributed by atoms with Gasteiger partial charge in [-0.25, -0.2) is 0 Å². The SMILES string of the molecule is CC1(C)C2=[N+](CCCCCC(=O)NCC(CCCCCC(=O)O)CNCCCCCCC3(C)/C(=C/C=C/C=C/C=C2)N(CCCS(=O)(=O)O)c2ccc(S(=O)(=O)O)cc23)c2ccc(S(=O)(=O)O)cc21. The van der Waals surface area contributed by atoms with Crippen LogP contribution in [-0.4, -0.2) is 105 Å². The van der Waals surface area contributed by atoms with Crippen molar-refractivity contribution in [1.29, 1.82) is 0 Å². The lowest BCUT2D eigenvalue weighted by molar-refractivity contribution is -0.438. The molecular formula is C50H71N4O12S3+. The number of nitrogens with one attached hydrogen (secondary N) is 2. The van der Waals surface area contributed by atoms with Gasteiger partial charge in [-0.1, -0.05) is 62.5 Å². The highest BCUT2D eigenvalue weighted by atomic mass is 32.2. The van der Waals surface area contributed by atoms with Crippen LogP contribution in [0.25, 0.3) is 0 Å². The topological polar surface area (TPSA) is 248 Å². The van der Waals surface area contributed by atoms with Crippen LogP contribution in [0.1, 0.15) is 128 Å². The number of benzene rings is 2. The summed E-state index contributed by atoms with van der Waals surface area (Å²) in [5, 5.41) is 15.8. The first-order chi connectivity index (χ1) is 32.5. The number of rotatable bonds is 12. The third-order valence-electron chi connectivity index (χ3n) is 13.5. The van der Waals surface area contributed by atoms with Crippen molar-refractivity contribution in [1.82, 2.24) is 10.6 Å². The molecule has 0 aromatic heterocycles. The second kappa shape index (κ2) is 24.6. The lowest BCUT2D eigenvalue weighted by atomic mass is 9.77. The number of fused-ring (bicyclic) bond motifs is 5. The molecule has 19 heteroatoms. The number of nitrogens with zero attached hydrogens (tertiary/aromatic N) is 2. The molecule has 2 aromatic rings. The summed E-state index contributed by atoms with van der Waals surface area (Å²) in [4.78, 5) is 25.6. The quantitative estimate of drug-likeness (QED) is 0.0669. The Labute approximate surface area is 409 Å². The number of aliphatic carboxylic acids is 1. The van der Waals surface area contributed by atoms with Gasteiger partial charge < -0.3 is 20.6 Å². The first-order valence-electron chi connectivity index (χ1n) is 24.1. The van der Waals surface area contributed by atoms with Gasteiger partial charge in [0.25, 0.3) is 30.4 Å². The molecule has 0 fully saturated rings. The Balaban J connectivity index is 1.46. The second-order valence-corrected chi connectivity index (χ2v) is 23.5. The molecule has 16 nitrogen and oxygen atoms in total. The van der Waals surface area contributed by atoms with Crippen LogP contribution < -0.4 is 15.5 Å². The van der Waals surface area contributed by atoms with Gasteiger partial charge in [-0.05, 0) is 127 Å². The molecule has 0 spiro atoms. The zero-order chi connectivity index (χ0) is 50.5. The number of hydrogen-bond donors (Lipinski definition) is 6. The standard InChI is InChI=1S/C50H70N4O12S3/c1-49(2)41-34-39(68(61,62)63)25-27-43(41)53-31-18-10-14-23-47(55)52-37-38(20-11-9-15-24-48(56)57)36-51-30-17-8-7-16-29-50(3)42-35-40(69(64,65)66)26-28-44(42)54(32-19-33-67(58,59)60)46(50)22-13-6-4-5-12-21-45(49)53/h4-6,12-13,21-22,25-28,34-35,38,51H,7-11,14-20,23-24,29-33,36-37H2,1-3H3,(H4-,52,55,56,57,58,59,60,61,62,63,64,65,66)/p+1. The number of anilines is 1. The van der Waals surface area contributed by atoms with E-state index in [0.717, 1.165) is 87.0 Å². The molecule has 2 unspecified atom stereocenters. The molecule has 0 radical (unpaired) electrons. The maximum absolute atomic E-state index is 13.1. The normalized spacial score (nSPS) is 23.3. The largest absolute Gasteiger partial charge is 0.481 e. The Morgan fingerprint density at radius 3 is 2.14 bits per heavy atom. The van der Waals surface area contributed by atoms with Crippen molar-refractivity contribution in [3.05, 3.63) is 95.8 Å². The predicted molar refractivity (Wildman–Crippen MR) is 268 cm³/mol. The van der Waals surface area contributed by atoms with Crippen molar-refractivity contribution in [2.75, 3.05) is 43.4 Å². The molecule has 2 aromatic carbocycles. The maximum Gasteiger partial charge on any atom is 0.303 e. The zero-order valence-corrected chi connectivity index (χ0v) is 42.6. The summed E-state index contributed by atoms with van der Waals surface area (Å²) < 4.78 is 104. The van der Waals surface area contributed by atoms with Crippen molar-refractivity contribution in [2.45, 2.75) is 138 Å². The van der Waals surface area contributed by atoms with Crippen molar-refractivity contribution in [2.24, 2.45) is 5.92 Å². The minimum absolute atomic E-state index is 0.0209. The summed E-state index contributed by atoms with van der Waals surface area (Å²) in [5.74, 6) is -1.13. The number of carboxylic acid groups (broad SMARTS) is 1. The number of carbonyl (C=O) groups excluding carboxylic acids is 1. The summed E-state index contributed by atoms with van der Waals surface area (Å²) in [6, 6.07) is 9.06. The third-order valence-corrected chi connectivity index (χ3v) is 16.0. The van der Waals surface area contributed by atoms with Gasteiger partial charge in [-0.3, -0.25) is 23.2 Å². The van der Waals surface area contributed by atoms with Gasteiger partial charge in [0.2, 0.25) is 11.6 Å². The minimum Gasteiger partial charge on any atom is -0.481 e. The van der Waals surface area contributed by atoms with E-state index >= 15 is 0 Å². The highest BCUT2D eigenvalue weighted by Crippen LogP contribution is 2.51. The number of amides is 1. The van der Waals surface area contributed by atoms with Gasteiger partial charge in [-0.15, -0.1) is 0 Å². The van der Waals surface area contributed by atoms with Gasteiger partial charge in [0.15, 0.2) is 5.71 Å². The molecule has 5 rings (SSSR count). The van der Waals surface area contributed by atoms with E-state index in [-0.39, 0.29) is 41.0 Å². The average molecular weight is 1020 g/mol. The van der Waals surface area contributed by atoms with Gasteiger partial charge in [0.05, 0.1) is 21.0 Å². The Morgan fingerprint density at radius 1 is 0.768 bits per heavy atom. The summed E-state index contributed by atoms with van der Waals surface area (Å²) in [6.07, 6.45) is 23.2.